The lowest BCUT2D eigenvalue weighted by atomic mass is 9.98. The number of nitrogens with one attached hydrogen (secondary N) is 1. The van der Waals surface area contributed by atoms with Gasteiger partial charge < -0.3 is 5.32 Å². The molecule has 2 rings (SSSR count). The lowest BCUT2D eigenvalue weighted by Crippen LogP contribution is -2.23. The number of carbonyl (C=O) groups excluding carboxylic acids is 1. The minimum Gasteiger partial charge on any atom is -0.345 e. The lowest BCUT2D eigenvalue weighted by Gasteiger charge is -2.28. The third-order valence-electron chi connectivity index (χ3n) is 3.64. The van der Waals surface area contributed by atoms with Crippen LogP contribution in [0.3, 0.4) is 0 Å². The summed E-state index contributed by atoms with van der Waals surface area (Å²) in [5, 5.41) is 3.92. The second-order valence-electron chi connectivity index (χ2n) is 5.33. The van der Waals surface area contributed by atoms with E-state index in [2.05, 4.69) is 48.3 Å². The molecule has 0 spiro atoms. The fraction of sp³-hybridized carbons (Fsp3) is 0.500. The van der Waals surface area contributed by atoms with Gasteiger partial charge in [-0.15, -0.1) is 5.92 Å². The summed E-state index contributed by atoms with van der Waals surface area (Å²) in [5.74, 6) is 6.00. The molecule has 4 heteroatoms. The van der Waals surface area contributed by atoms with Crippen LogP contribution in [-0.4, -0.2) is 12.5 Å². The van der Waals surface area contributed by atoms with Crippen LogP contribution in [-0.2, 0) is 4.79 Å². The van der Waals surface area contributed by atoms with Crippen LogP contribution in [0.2, 0.25) is 0 Å². The zero-order valence-corrected chi connectivity index (χ0v) is 14.9. The molecule has 2 atom stereocenters. The third kappa shape index (κ3) is 5.00. The van der Waals surface area contributed by atoms with Crippen LogP contribution in [0, 0.1) is 11.8 Å². The van der Waals surface area contributed by atoms with E-state index in [0.717, 1.165) is 19.3 Å². The summed E-state index contributed by atoms with van der Waals surface area (Å²) in [5.41, 5.74) is 2.91. The van der Waals surface area contributed by atoms with Gasteiger partial charge in [-0.05, 0) is 30.9 Å². The molecular formula is C18H23NOS2. The Morgan fingerprint density at radius 1 is 1.23 bits per heavy atom. The summed E-state index contributed by atoms with van der Waals surface area (Å²) in [7, 11) is 3.90. The molecule has 118 valence electrons. The average Bonchev–Trinajstić information content (AvgIpc) is 2.54. The SMILES string of the molecule is CCC#CCNC(=O)CCCC1SSC(C)c2ccccc21. The van der Waals surface area contributed by atoms with Gasteiger partial charge in [-0.1, -0.05) is 58.7 Å². The van der Waals surface area contributed by atoms with E-state index < -0.39 is 0 Å². The van der Waals surface area contributed by atoms with E-state index in [4.69, 9.17) is 0 Å². The van der Waals surface area contributed by atoms with E-state index in [1.54, 1.807) is 0 Å². The monoisotopic (exact) mass is 333 g/mol. The summed E-state index contributed by atoms with van der Waals surface area (Å²) in [6.45, 7) is 4.74. The van der Waals surface area contributed by atoms with Crippen LogP contribution in [0.4, 0.5) is 0 Å². The summed E-state index contributed by atoms with van der Waals surface area (Å²) >= 11 is 0. The van der Waals surface area contributed by atoms with Gasteiger partial charge in [-0.25, -0.2) is 0 Å². The number of fused-ring (bicyclic) bond motifs is 1. The zero-order valence-electron chi connectivity index (χ0n) is 13.2. The highest BCUT2D eigenvalue weighted by Gasteiger charge is 2.25. The Labute approximate surface area is 141 Å². The maximum atomic E-state index is 11.8. The van der Waals surface area contributed by atoms with Gasteiger partial charge >= 0.3 is 0 Å². The summed E-state index contributed by atoms with van der Waals surface area (Å²) in [4.78, 5) is 11.8. The number of amides is 1. The number of rotatable bonds is 5. The van der Waals surface area contributed by atoms with Gasteiger partial charge in [0.25, 0.3) is 0 Å². The van der Waals surface area contributed by atoms with Crippen molar-refractivity contribution in [2.75, 3.05) is 6.54 Å². The number of benzene rings is 1. The van der Waals surface area contributed by atoms with Crippen LogP contribution in [0.15, 0.2) is 24.3 Å². The van der Waals surface area contributed by atoms with Crippen molar-refractivity contribution in [2.45, 2.75) is 50.0 Å². The first kappa shape index (κ1) is 17.3. The molecule has 0 aliphatic carbocycles. The van der Waals surface area contributed by atoms with E-state index in [-0.39, 0.29) is 5.91 Å². The molecule has 1 amide bonds. The van der Waals surface area contributed by atoms with Gasteiger partial charge in [0.15, 0.2) is 0 Å². The van der Waals surface area contributed by atoms with Crippen molar-refractivity contribution in [1.82, 2.24) is 5.32 Å². The molecule has 1 aliphatic rings. The van der Waals surface area contributed by atoms with Gasteiger partial charge in [-0.2, -0.15) is 0 Å². The molecular weight excluding hydrogens is 310 g/mol. The molecule has 1 aliphatic heterocycles. The second kappa shape index (κ2) is 9.17. The maximum Gasteiger partial charge on any atom is 0.220 e. The highest BCUT2D eigenvalue weighted by Crippen LogP contribution is 2.54. The summed E-state index contributed by atoms with van der Waals surface area (Å²) in [6.07, 6.45) is 3.40. The quantitative estimate of drug-likeness (QED) is 0.615. The van der Waals surface area contributed by atoms with Crippen molar-refractivity contribution >= 4 is 27.5 Å². The number of carbonyl (C=O) groups is 1. The molecule has 0 saturated carbocycles. The normalized spacial score (nSPS) is 19.7. The van der Waals surface area contributed by atoms with Crippen molar-refractivity contribution in [2.24, 2.45) is 0 Å². The van der Waals surface area contributed by atoms with Gasteiger partial charge in [0.05, 0.1) is 6.54 Å². The minimum absolute atomic E-state index is 0.112. The average molecular weight is 334 g/mol. The van der Waals surface area contributed by atoms with Crippen molar-refractivity contribution in [3.63, 3.8) is 0 Å². The van der Waals surface area contributed by atoms with Gasteiger partial charge in [0.2, 0.25) is 5.91 Å². The molecule has 0 radical (unpaired) electrons. The smallest absolute Gasteiger partial charge is 0.220 e. The molecule has 1 aromatic rings. The molecule has 2 nitrogen and oxygen atoms in total. The van der Waals surface area contributed by atoms with Crippen LogP contribution >= 0.6 is 21.6 Å². The molecule has 22 heavy (non-hydrogen) atoms. The zero-order chi connectivity index (χ0) is 15.8. The Morgan fingerprint density at radius 2 is 2.00 bits per heavy atom. The fourth-order valence-corrected chi connectivity index (χ4v) is 5.51. The Hall–Kier alpha value is -1.05. The van der Waals surface area contributed by atoms with E-state index in [1.165, 1.54) is 11.1 Å². The van der Waals surface area contributed by atoms with Gasteiger partial charge in [-0.3, -0.25) is 4.79 Å². The summed E-state index contributed by atoms with van der Waals surface area (Å²) < 4.78 is 0. The molecule has 0 aromatic heterocycles. The fourth-order valence-electron chi connectivity index (χ4n) is 2.50. The highest BCUT2D eigenvalue weighted by atomic mass is 33.1. The molecule has 0 saturated heterocycles. The van der Waals surface area contributed by atoms with Crippen LogP contribution in [0.25, 0.3) is 0 Å². The summed E-state index contributed by atoms with van der Waals surface area (Å²) in [6, 6.07) is 8.71. The van der Waals surface area contributed by atoms with Crippen molar-refractivity contribution in [3.05, 3.63) is 35.4 Å². The minimum atomic E-state index is 0.112. The van der Waals surface area contributed by atoms with E-state index in [9.17, 15) is 4.79 Å². The number of hydrogen-bond donors (Lipinski definition) is 1. The molecule has 1 N–H and O–H groups in total. The molecule has 1 heterocycles. The Balaban J connectivity index is 1.78. The predicted molar refractivity (Wildman–Crippen MR) is 97.7 cm³/mol. The largest absolute Gasteiger partial charge is 0.345 e. The van der Waals surface area contributed by atoms with E-state index in [1.807, 2.05) is 28.5 Å². The van der Waals surface area contributed by atoms with E-state index >= 15 is 0 Å². The van der Waals surface area contributed by atoms with Crippen molar-refractivity contribution < 1.29 is 4.79 Å². The lowest BCUT2D eigenvalue weighted by molar-refractivity contribution is -0.120. The van der Waals surface area contributed by atoms with Gasteiger partial charge in [0, 0.05) is 23.3 Å². The first-order chi connectivity index (χ1) is 10.7. The van der Waals surface area contributed by atoms with Crippen LogP contribution in [0.1, 0.15) is 61.2 Å². The third-order valence-corrected chi connectivity index (χ3v) is 6.91. The Morgan fingerprint density at radius 3 is 2.77 bits per heavy atom. The molecule has 2 unspecified atom stereocenters. The predicted octanol–water partition coefficient (Wildman–Crippen LogP) is 4.88. The Bertz CT molecular complexity index is 562. The first-order valence-electron chi connectivity index (χ1n) is 7.85. The Kier molecular flexibility index (Phi) is 7.21. The highest BCUT2D eigenvalue weighted by molar-refractivity contribution is 8.76. The van der Waals surface area contributed by atoms with Gasteiger partial charge in [0.1, 0.15) is 0 Å². The van der Waals surface area contributed by atoms with Crippen LogP contribution in [0.5, 0.6) is 0 Å². The van der Waals surface area contributed by atoms with Crippen molar-refractivity contribution in [1.29, 1.82) is 0 Å². The molecule has 0 fully saturated rings. The van der Waals surface area contributed by atoms with E-state index in [0.29, 0.717) is 23.5 Å². The van der Waals surface area contributed by atoms with Crippen molar-refractivity contribution in [3.8, 4) is 11.8 Å². The topological polar surface area (TPSA) is 29.1 Å². The molecule has 0 bridgehead atoms. The second-order valence-corrected chi connectivity index (χ2v) is 8.14. The molecule has 1 aromatic carbocycles. The first-order valence-corrected chi connectivity index (χ1v) is 10.1. The number of hydrogen-bond acceptors (Lipinski definition) is 3. The van der Waals surface area contributed by atoms with Crippen LogP contribution < -0.4 is 5.32 Å². The maximum absolute atomic E-state index is 11.8. The standard InChI is InChI=1S/C18H23NOS2/c1-3-4-7-13-19-18(20)12-8-11-17-16-10-6-5-9-15(16)14(2)21-22-17/h5-6,9-10,14,17H,3,8,11-13H2,1-2H3,(H,19,20).